The Balaban J connectivity index is 1.85. The van der Waals surface area contributed by atoms with Crippen LogP contribution in [0.5, 0.6) is 0 Å². The summed E-state index contributed by atoms with van der Waals surface area (Å²) in [5.74, 6) is -2.03. The van der Waals surface area contributed by atoms with Crippen molar-refractivity contribution >= 4 is 11.9 Å². The summed E-state index contributed by atoms with van der Waals surface area (Å²) in [5, 5.41) is 28.4. The van der Waals surface area contributed by atoms with E-state index in [1.165, 1.54) is 4.90 Å². The minimum atomic E-state index is -1.09. The molecule has 124 valence electrons. The first-order valence-electron chi connectivity index (χ1n) is 7.96. The molecule has 1 amide bonds. The normalized spacial score (nSPS) is 35.0. The van der Waals surface area contributed by atoms with Gasteiger partial charge >= 0.3 is 5.97 Å². The highest BCUT2D eigenvalue weighted by Crippen LogP contribution is 2.47. The number of carbonyl (C=O) groups is 2. The van der Waals surface area contributed by atoms with Crippen molar-refractivity contribution in [3.63, 3.8) is 0 Å². The van der Waals surface area contributed by atoms with Crippen LogP contribution >= 0.6 is 0 Å². The summed E-state index contributed by atoms with van der Waals surface area (Å²) in [6, 6.07) is 1.99. The summed E-state index contributed by atoms with van der Waals surface area (Å²) < 4.78 is 0. The highest BCUT2D eigenvalue weighted by molar-refractivity contribution is 6.00. The number of carboxylic acid groups (broad SMARTS) is 1. The summed E-state index contributed by atoms with van der Waals surface area (Å²) in [6.45, 7) is 5.36. The first-order chi connectivity index (χ1) is 10.9. The molecule has 23 heavy (non-hydrogen) atoms. The molecule has 7 heteroatoms. The van der Waals surface area contributed by atoms with E-state index in [0.29, 0.717) is 13.1 Å². The average Bonchev–Trinajstić information content (AvgIpc) is 3.02. The lowest BCUT2D eigenvalue weighted by molar-refractivity contribution is -0.163. The van der Waals surface area contributed by atoms with E-state index in [-0.39, 0.29) is 29.5 Å². The predicted octanol–water partition coefficient (Wildman–Crippen LogP) is 0.0281. The molecule has 0 aromatic carbocycles. The molecule has 5 atom stereocenters. The molecule has 2 N–H and O–H groups in total. The van der Waals surface area contributed by atoms with Crippen LogP contribution in [0.1, 0.15) is 20.3 Å². The Hall–Kier alpha value is -1.91. The summed E-state index contributed by atoms with van der Waals surface area (Å²) in [4.78, 5) is 27.3. The maximum atomic E-state index is 12.2. The Morgan fingerprint density at radius 3 is 2.74 bits per heavy atom. The van der Waals surface area contributed by atoms with Crippen LogP contribution in [0, 0.1) is 29.1 Å². The molecule has 0 aromatic rings. The molecular weight excluding hydrogens is 298 g/mol. The maximum Gasteiger partial charge on any atom is 0.352 e. The second-order valence-electron chi connectivity index (χ2n) is 6.78. The molecule has 0 spiro atoms. The van der Waals surface area contributed by atoms with Gasteiger partial charge in [0.1, 0.15) is 5.70 Å². The fourth-order valence-electron chi connectivity index (χ4n) is 4.18. The SMILES string of the molecule is C[C@@H](O)[C@H]1C(=O)N2C(C(=O)O)=C(CN3CC[C@H](C#N)C3)[C@H](C)[C@H]12. The van der Waals surface area contributed by atoms with Gasteiger partial charge in [-0.3, -0.25) is 9.69 Å². The summed E-state index contributed by atoms with van der Waals surface area (Å²) in [5.41, 5.74) is 0.808. The summed E-state index contributed by atoms with van der Waals surface area (Å²) in [6.07, 6.45) is 0.0125. The van der Waals surface area contributed by atoms with E-state index in [1.807, 2.05) is 6.92 Å². The third-order valence-corrected chi connectivity index (χ3v) is 5.37. The fraction of sp³-hybridized carbons (Fsp3) is 0.688. The van der Waals surface area contributed by atoms with Crippen LogP contribution in [0.4, 0.5) is 0 Å². The van der Waals surface area contributed by atoms with Crippen molar-refractivity contribution in [1.29, 1.82) is 5.26 Å². The van der Waals surface area contributed by atoms with E-state index < -0.39 is 18.0 Å². The van der Waals surface area contributed by atoms with Crippen molar-refractivity contribution in [3.05, 3.63) is 11.3 Å². The molecule has 3 aliphatic heterocycles. The van der Waals surface area contributed by atoms with Crippen LogP contribution in [0.15, 0.2) is 11.3 Å². The largest absolute Gasteiger partial charge is 0.477 e. The number of fused-ring (bicyclic) bond motifs is 1. The number of hydrogen-bond donors (Lipinski definition) is 2. The smallest absolute Gasteiger partial charge is 0.352 e. The number of aliphatic hydroxyl groups excluding tert-OH is 1. The van der Waals surface area contributed by atoms with Gasteiger partial charge in [0.15, 0.2) is 0 Å². The van der Waals surface area contributed by atoms with Crippen LogP contribution in [0.3, 0.4) is 0 Å². The zero-order chi connectivity index (χ0) is 16.9. The van der Waals surface area contributed by atoms with Gasteiger partial charge < -0.3 is 15.1 Å². The van der Waals surface area contributed by atoms with Gasteiger partial charge in [-0.05, 0) is 25.5 Å². The van der Waals surface area contributed by atoms with Gasteiger partial charge in [0.2, 0.25) is 5.91 Å². The van der Waals surface area contributed by atoms with E-state index in [4.69, 9.17) is 5.26 Å². The molecule has 3 aliphatic rings. The third-order valence-electron chi connectivity index (χ3n) is 5.37. The van der Waals surface area contributed by atoms with Crippen molar-refractivity contribution in [2.75, 3.05) is 19.6 Å². The highest BCUT2D eigenvalue weighted by atomic mass is 16.4. The number of β-lactam (4-membered cyclic amide) rings is 1. The van der Waals surface area contributed by atoms with Gasteiger partial charge in [-0.1, -0.05) is 6.92 Å². The Morgan fingerprint density at radius 1 is 1.52 bits per heavy atom. The van der Waals surface area contributed by atoms with E-state index in [1.54, 1.807) is 6.92 Å². The number of aliphatic carboxylic acids is 1. The van der Waals surface area contributed by atoms with Crippen LogP contribution in [-0.2, 0) is 9.59 Å². The third kappa shape index (κ3) is 2.33. The number of aliphatic hydroxyl groups is 1. The van der Waals surface area contributed by atoms with E-state index in [2.05, 4.69) is 11.0 Å². The van der Waals surface area contributed by atoms with Gasteiger partial charge in [0.25, 0.3) is 0 Å². The quantitative estimate of drug-likeness (QED) is 0.708. The molecule has 2 fully saturated rings. The van der Waals surface area contributed by atoms with Gasteiger partial charge in [-0.25, -0.2) is 4.79 Å². The number of rotatable bonds is 4. The van der Waals surface area contributed by atoms with Crippen LogP contribution in [-0.4, -0.2) is 63.7 Å². The van der Waals surface area contributed by atoms with Gasteiger partial charge in [0, 0.05) is 19.0 Å². The Morgan fingerprint density at radius 2 is 2.22 bits per heavy atom. The maximum absolute atomic E-state index is 12.2. The van der Waals surface area contributed by atoms with Crippen molar-refractivity contribution in [2.24, 2.45) is 17.8 Å². The molecule has 0 saturated carbocycles. The number of carbonyl (C=O) groups excluding carboxylic acids is 1. The number of hydrogen-bond acceptors (Lipinski definition) is 5. The molecule has 2 saturated heterocycles. The van der Waals surface area contributed by atoms with Crippen LogP contribution < -0.4 is 0 Å². The topological polar surface area (TPSA) is 105 Å². The first kappa shape index (κ1) is 16.0. The lowest BCUT2D eigenvalue weighted by atomic mass is 9.77. The van der Waals surface area contributed by atoms with Gasteiger partial charge in [-0.2, -0.15) is 5.26 Å². The molecule has 3 heterocycles. The fourth-order valence-corrected chi connectivity index (χ4v) is 4.18. The van der Waals surface area contributed by atoms with Crippen molar-refractivity contribution in [1.82, 2.24) is 9.80 Å². The summed E-state index contributed by atoms with van der Waals surface area (Å²) in [7, 11) is 0. The van der Waals surface area contributed by atoms with Gasteiger partial charge in [0.05, 0.1) is 30.1 Å². The number of amides is 1. The number of likely N-dealkylation sites (tertiary alicyclic amines) is 1. The van der Waals surface area contributed by atoms with Crippen molar-refractivity contribution in [3.8, 4) is 6.07 Å². The monoisotopic (exact) mass is 319 g/mol. The average molecular weight is 319 g/mol. The molecule has 0 bridgehead atoms. The Bertz CT molecular complexity index is 621. The molecule has 0 aliphatic carbocycles. The Labute approximate surface area is 134 Å². The summed E-state index contributed by atoms with van der Waals surface area (Å²) >= 11 is 0. The zero-order valence-electron chi connectivity index (χ0n) is 13.3. The molecule has 0 radical (unpaired) electrons. The number of nitrogens with zero attached hydrogens (tertiary/aromatic N) is 3. The standard InChI is InChI=1S/C16H21N3O4/c1-8-11(7-18-4-3-10(5-17)6-18)14(16(22)23)19-13(8)12(9(2)20)15(19)21/h8-10,12-13,20H,3-4,6-7H2,1-2H3,(H,22,23)/t8-,9+,10+,12+,13+/m0/s1. The molecule has 3 rings (SSSR count). The molecule has 0 unspecified atom stereocenters. The second-order valence-corrected chi connectivity index (χ2v) is 6.78. The molecular formula is C16H21N3O4. The van der Waals surface area contributed by atoms with E-state index >= 15 is 0 Å². The van der Waals surface area contributed by atoms with Gasteiger partial charge in [-0.15, -0.1) is 0 Å². The minimum Gasteiger partial charge on any atom is -0.477 e. The predicted molar refractivity (Wildman–Crippen MR) is 79.8 cm³/mol. The van der Waals surface area contributed by atoms with Crippen LogP contribution in [0.25, 0.3) is 0 Å². The highest BCUT2D eigenvalue weighted by Gasteiger charge is 2.59. The number of carboxylic acids is 1. The van der Waals surface area contributed by atoms with Crippen molar-refractivity contribution < 1.29 is 19.8 Å². The van der Waals surface area contributed by atoms with Crippen LogP contribution in [0.2, 0.25) is 0 Å². The number of nitriles is 1. The lowest BCUT2D eigenvalue weighted by Gasteiger charge is -2.46. The minimum absolute atomic E-state index is 0.00976. The van der Waals surface area contributed by atoms with E-state index in [9.17, 15) is 19.8 Å². The lowest BCUT2D eigenvalue weighted by Crippen LogP contribution is -2.63. The first-order valence-corrected chi connectivity index (χ1v) is 7.96. The second kappa shape index (κ2) is 5.62. The van der Waals surface area contributed by atoms with Crippen molar-refractivity contribution in [2.45, 2.75) is 32.4 Å². The molecule has 7 nitrogen and oxygen atoms in total. The molecule has 0 aromatic heterocycles. The Kier molecular flexibility index (Phi) is 3.90. The zero-order valence-corrected chi connectivity index (χ0v) is 13.3. The van der Waals surface area contributed by atoms with E-state index in [0.717, 1.165) is 18.5 Å².